The van der Waals surface area contributed by atoms with Crippen molar-refractivity contribution in [3.8, 4) is 5.88 Å². The van der Waals surface area contributed by atoms with Gasteiger partial charge in [-0.05, 0) is 31.4 Å². The number of anilines is 2. The average molecular weight is 299 g/mol. The summed E-state index contributed by atoms with van der Waals surface area (Å²) in [6.45, 7) is 2.59. The Morgan fingerprint density at radius 3 is 2.75 bits per heavy atom. The van der Waals surface area contributed by atoms with Crippen molar-refractivity contribution in [3.05, 3.63) is 12.1 Å². The molecule has 0 bridgehead atoms. The monoisotopic (exact) mass is 299 g/mol. The minimum atomic E-state index is -2.84. The summed E-state index contributed by atoms with van der Waals surface area (Å²) in [4.78, 5) is 4.33. The molecule has 0 spiro atoms. The van der Waals surface area contributed by atoms with Crippen LogP contribution in [0.5, 0.6) is 5.88 Å². The lowest BCUT2D eigenvalue weighted by Gasteiger charge is -2.23. The highest BCUT2D eigenvalue weighted by Crippen LogP contribution is 2.23. The number of ether oxygens (including phenoxy) is 1. The standard InChI is InChI=1S/C13H21N3O3S/c1-2-7-19-13-11(14)3-4-12(16-13)15-10-5-8-20(17,18)9-6-10/h3-4,10H,2,5-9,14H2,1H3,(H,15,16). The Morgan fingerprint density at radius 1 is 1.40 bits per heavy atom. The molecular formula is C13H21N3O3S. The Hall–Kier alpha value is -1.50. The molecule has 6 nitrogen and oxygen atoms in total. The number of aromatic nitrogens is 1. The van der Waals surface area contributed by atoms with Crippen molar-refractivity contribution in [2.45, 2.75) is 32.2 Å². The van der Waals surface area contributed by atoms with Gasteiger partial charge in [-0.3, -0.25) is 0 Å². The number of sulfone groups is 1. The van der Waals surface area contributed by atoms with E-state index in [1.165, 1.54) is 0 Å². The van der Waals surface area contributed by atoms with Crippen LogP contribution in [-0.2, 0) is 9.84 Å². The Balaban J connectivity index is 1.99. The molecule has 3 N–H and O–H groups in total. The first-order chi connectivity index (χ1) is 9.50. The van der Waals surface area contributed by atoms with Crippen molar-refractivity contribution in [1.82, 2.24) is 4.98 Å². The molecule has 1 aromatic rings. The molecule has 0 atom stereocenters. The molecule has 2 heterocycles. The molecule has 112 valence electrons. The lowest BCUT2D eigenvalue weighted by atomic mass is 10.1. The Kier molecular flexibility index (Phi) is 4.69. The molecule has 0 amide bonds. The van der Waals surface area contributed by atoms with Gasteiger partial charge >= 0.3 is 0 Å². The maximum Gasteiger partial charge on any atom is 0.239 e. The summed E-state index contributed by atoms with van der Waals surface area (Å²) in [6, 6.07) is 3.67. The average Bonchev–Trinajstić information content (AvgIpc) is 2.42. The Morgan fingerprint density at radius 2 is 2.10 bits per heavy atom. The van der Waals surface area contributed by atoms with Gasteiger partial charge in [-0.15, -0.1) is 0 Å². The van der Waals surface area contributed by atoms with Crippen molar-refractivity contribution >= 4 is 21.3 Å². The molecule has 0 saturated carbocycles. The zero-order valence-corrected chi connectivity index (χ0v) is 12.4. The summed E-state index contributed by atoms with van der Waals surface area (Å²) >= 11 is 0. The second-order valence-electron chi connectivity index (χ2n) is 5.01. The zero-order chi connectivity index (χ0) is 14.6. The van der Waals surface area contributed by atoms with E-state index >= 15 is 0 Å². The summed E-state index contributed by atoms with van der Waals surface area (Å²) in [6.07, 6.45) is 2.11. The first-order valence-electron chi connectivity index (χ1n) is 6.86. The molecule has 1 fully saturated rings. The van der Waals surface area contributed by atoms with E-state index in [1.54, 1.807) is 12.1 Å². The SMILES string of the molecule is CCCOc1nc(NC2CCS(=O)(=O)CC2)ccc1N. The van der Waals surface area contributed by atoms with Crippen LogP contribution in [0.3, 0.4) is 0 Å². The third-order valence-corrected chi connectivity index (χ3v) is 4.95. The summed E-state index contributed by atoms with van der Waals surface area (Å²) in [5, 5.41) is 3.25. The maximum atomic E-state index is 11.4. The van der Waals surface area contributed by atoms with Crippen LogP contribution in [-0.4, -0.2) is 37.6 Å². The summed E-state index contributed by atoms with van der Waals surface area (Å²) in [5.41, 5.74) is 6.31. The predicted molar refractivity (Wildman–Crippen MR) is 79.7 cm³/mol. The van der Waals surface area contributed by atoms with Crippen molar-refractivity contribution in [2.24, 2.45) is 0 Å². The minimum absolute atomic E-state index is 0.133. The number of pyridine rings is 1. The number of nitrogens with two attached hydrogens (primary N) is 1. The highest BCUT2D eigenvalue weighted by molar-refractivity contribution is 7.91. The molecule has 0 radical (unpaired) electrons. The van der Waals surface area contributed by atoms with E-state index in [0.717, 1.165) is 6.42 Å². The predicted octanol–water partition coefficient (Wildman–Crippen LogP) is 1.44. The van der Waals surface area contributed by atoms with Gasteiger partial charge in [0, 0.05) is 6.04 Å². The third kappa shape index (κ3) is 4.00. The normalized spacial score (nSPS) is 18.6. The quantitative estimate of drug-likeness (QED) is 0.854. The number of hydrogen-bond donors (Lipinski definition) is 2. The second-order valence-corrected chi connectivity index (χ2v) is 7.31. The molecule has 1 saturated heterocycles. The van der Waals surface area contributed by atoms with Crippen LogP contribution in [0.2, 0.25) is 0 Å². The van der Waals surface area contributed by atoms with Crippen LogP contribution in [0.25, 0.3) is 0 Å². The van der Waals surface area contributed by atoms with Gasteiger partial charge < -0.3 is 15.8 Å². The van der Waals surface area contributed by atoms with Crippen LogP contribution in [0.4, 0.5) is 11.5 Å². The number of nitrogen functional groups attached to an aromatic ring is 1. The van der Waals surface area contributed by atoms with Crippen molar-refractivity contribution in [1.29, 1.82) is 0 Å². The molecule has 0 aliphatic carbocycles. The maximum absolute atomic E-state index is 11.4. The first kappa shape index (κ1) is 14.9. The van der Waals surface area contributed by atoms with E-state index < -0.39 is 9.84 Å². The summed E-state index contributed by atoms with van der Waals surface area (Å²) in [7, 11) is -2.84. The molecule has 20 heavy (non-hydrogen) atoms. The molecule has 0 unspecified atom stereocenters. The van der Waals surface area contributed by atoms with Crippen LogP contribution in [0, 0.1) is 0 Å². The number of rotatable bonds is 5. The van der Waals surface area contributed by atoms with Crippen LogP contribution >= 0.6 is 0 Å². The highest BCUT2D eigenvalue weighted by Gasteiger charge is 2.23. The lowest BCUT2D eigenvalue weighted by molar-refractivity contribution is 0.307. The fourth-order valence-corrected chi connectivity index (χ4v) is 3.58. The van der Waals surface area contributed by atoms with E-state index in [9.17, 15) is 8.42 Å². The van der Waals surface area contributed by atoms with Crippen LogP contribution < -0.4 is 15.8 Å². The van der Waals surface area contributed by atoms with Crippen molar-refractivity contribution < 1.29 is 13.2 Å². The third-order valence-electron chi connectivity index (χ3n) is 3.24. The van der Waals surface area contributed by atoms with Gasteiger partial charge in [0.1, 0.15) is 15.7 Å². The molecule has 2 rings (SSSR count). The van der Waals surface area contributed by atoms with Crippen LogP contribution in [0.15, 0.2) is 12.1 Å². The largest absolute Gasteiger partial charge is 0.476 e. The van der Waals surface area contributed by atoms with E-state index in [0.29, 0.717) is 36.8 Å². The van der Waals surface area contributed by atoms with E-state index in [-0.39, 0.29) is 17.5 Å². The zero-order valence-electron chi connectivity index (χ0n) is 11.6. The van der Waals surface area contributed by atoms with Crippen LogP contribution in [0.1, 0.15) is 26.2 Å². The van der Waals surface area contributed by atoms with E-state index in [1.807, 2.05) is 6.92 Å². The summed E-state index contributed by atoms with van der Waals surface area (Å²) in [5.74, 6) is 1.58. The molecule has 1 aliphatic heterocycles. The Labute approximate surface area is 119 Å². The highest BCUT2D eigenvalue weighted by atomic mass is 32.2. The fraction of sp³-hybridized carbons (Fsp3) is 0.615. The van der Waals surface area contributed by atoms with Gasteiger partial charge in [-0.25, -0.2) is 8.42 Å². The van der Waals surface area contributed by atoms with E-state index in [2.05, 4.69) is 10.3 Å². The Bertz CT molecular complexity index is 546. The molecule has 7 heteroatoms. The number of nitrogens with zero attached hydrogens (tertiary/aromatic N) is 1. The topological polar surface area (TPSA) is 94.3 Å². The number of hydrogen-bond acceptors (Lipinski definition) is 6. The first-order valence-corrected chi connectivity index (χ1v) is 8.68. The minimum Gasteiger partial charge on any atom is -0.476 e. The van der Waals surface area contributed by atoms with Gasteiger partial charge in [-0.1, -0.05) is 6.92 Å². The van der Waals surface area contributed by atoms with Gasteiger partial charge in [0.2, 0.25) is 5.88 Å². The van der Waals surface area contributed by atoms with Crippen molar-refractivity contribution in [2.75, 3.05) is 29.2 Å². The van der Waals surface area contributed by atoms with Crippen molar-refractivity contribution in [3.63, 3.8) is 0 Å². The fourth-order valence-electron chi connectivity index (χ4n) is 2.09. The smallest absolute Gasteiger partial charge is 0.239 e. The van der Waals surface area contributed by atoms with Gasteiger partial charge in [0.05, 0.1) is 23.8 Å². The summed E-state index contributed by atoms with van der Waals surface area (Å²) < 4.78 is 28.2. The molecule has 1 aliphatic rings. The molecule has 1 aromatic heterocycles. The molecular weight excluding hydrogens is 278 g/mol. The number of nitrogens with one attached hydrogen (secondary N) is 1. The molecule has 0 aromatic carbocycles. The van der Waals surface area contributed by atoms with E-state index in [4.69, 9.17) is 10.5 Å². The van der Waals surface area contributed by atoms with Gasteiger partial charge in [0.15, 0.2) is 0 Å². The second kappa shape index (κ2) is 6.30. The van der Waals surface area contributed by atoms with Gasteiger partial charge in [-0.2, -0.15) is 4.98 Å². The lowest BCUT2D eigenvalue weighted by Crippen LogP contribution is -2.32. The van der Waals surface area contributed by atoms with Gasteiger partial charge in [0.25, 0.3) is 0 Å².